The van der Waals surface area contributed by atoms with Gasteiger partial charge in [0.05, 0.1) is 33.4 Å². The zero-order valence-electron chi connectivity index (χ0n) is 20.2. The first-order valence-electron chi connectivity index (χ1n) is 11.4. The Morgan fingerprint density at radius 1 is 1.28 bits per heavy atom. The van der Waals surface area contributed by atoms with Gasteiger partial charge in [-0.1, -0.05) is 55.5 Å². The molecule has 186 valence electrons. The van der Waals surface area contributed by atoms with E-state index in [-0.39, 0.29) is 22.3 Å². The second-order valence-electron chi connectivity index (χ2n) is 8.63. The van der Waals surface area contributed by atoms with Crippen LogP contribution in [0.25, 0.3) is 6.08 Å². The van der Waals surface area contributed by atoms with Crippen LogP contribution >= 0.6 is 11.3 Å². The summed E-state index contributed by atoms with van der Waals surface area (Å²) in [5, 5.41) is 21.0. The molecule has 0 unspecified atom stereocenters. The summed E-state index contributed by atoms with van der Waals surface area (Å²) >= 11 is 1.12. The van der Waals surface area contributed by atoms with Gasteiger partial charge in [-0.05, 0) is 48.6 Å². The second-order valence-corrected chi connectivity index (χ2v) is 9.64. The second kappa shape index (κ2) is 9.90. The molecule has 1 atom stereocenters. The summed E-state index contributed by atoms with van der Waals surface area (Å²) in [6, 6.07) is 10.9. The minimum absolute atomic E-state index is 0.179. The molecule has 0 spiro atoms. The fraction of sp³-hybridized carbons (Fsp3) is 0.269. The third kappa shape index (κ3) is 4.59. The van der Waals surface area contributed by atoms with Crippen LogP contribution in [0.3, 0.4) is 0 Å². The number of thiazole rings is 1. The van der Waals surface area contributed by atoms with Crippen LogP contribution < -0.4 is 14.9 Å². The number of nitro benzene ring substituents is 1. The van der Waals surface area contributed by atoms with Crippen molar-refractivity contribution in [2.45, 2.75) is 39.7 Å². The van der Waals surface area contributed by atoms with Crippen LogP contribution in [0.2, 0.25) is 0 Å². The van der Waals surface area contributed by atoms with Crippen molar-refractivity contribution in [1.82, 2.24) is 4.57 Å². The van der Waals surface area contributed by atoms with E-state index in [1.807, 2.05) is 24.3 Å². The van der Waals surface area contributed by atoms with Crippen LogP contribution in [0.15, 0.2) is 63.5 Å². The highest BCUT2D eigenvalue weighted by Gasteiger charge is 2.33. The highest BCUT2D eigenvalue weighted by molar-refractivity contribution is 7.07. The van der Waals surface area contributed by atoms with Gasteiger partial charge in [-0.3, -0.25) is 19.5 Å². The maximum absolute atomic E-state index is 13.6. The van der Waals surface area contributed by atoms with Gasteiger partial charge in [0.1, 0.15) is 0 Å². The Kier molecular flexibility index (Phi) is 6.89. The number of aromatic hydroxyl groups is 1. The molecule has 1 N–H and O–H groups in total. The van der Waals surface area contributed by atoms with Gasteiger partial charge in [-0.25, -0.2) is 9.79 Å². The van der Waals surface area contributed by atoms with Crippen LogP contribution in [0.4, 0.5) is 5.69 Å². The quantitative estimate of drug-likeness (QED) is 0.309. The number of carbonyl (C=O) groups is 1. The largest absolute Gasteiger partial charge is 0.502 e. The summed E-state index contributed by atoms with van der Waals surface area (Å²) in [6.45, 7) is 7.77. The maximum atomic E-state index is 13.6. The monoisotopic (exact) mass is 507 g/mol. The van der Waals surface area contributed by atoms with Gasteiger partial charge in [0.2, 0.25) is 0 Å². The van der Waals surface area contributed by atoms with Crippen molar-refractivity contribution >= 4 is 29.1 Å². The Morgan fingerprint density at radius 2 is 1.97 bits per heavy atom. The average molecular weight is 508 g/mol. The first kappa shape index (κ1) is 25.1. The molecule has 0 aliphatic carbocycles. The van der Waals surface area contributed by atoms with Crippen molar-refractivity contribution < 1.29 is 19.6 Å². The molecule has 0 saturated carbocycles. The molecule has 1 aliphatic rings. The van der Waals surface area contributed by atoms with Gasteiger partial charge in [0, 0.05) is 6.07 Å². The fourth-order valence-electron chi connectivity index (χ4n) is 4.10. The van der Waals surface area contributed by atoms with E-state index in [0.29, 0.717) is 22.0 Å². The lowest BCUT2D eigenvalue weighted by atomic mass is 9.93. The molecule has 0 saturated heterocycles. The Bertz CT molecular complexity index is 1560. The van der Waals surface area contributed by atoms with Gasteiger partial charge < -0.3 is 9.84 Å². The number of carbonyl (C=O) groups excluding carboxylic acids is 1. The lowest BCUT2D eigenvalue weighted by Crippen LogP contribution is -2.39. The number of aromatic nitrogens is 1. The molecule has 3 aromatic rings. The molecule has 4 rings (SSSR count). The third-order valence-electron chi connectivity index (χ3n) is 5.93. The topological polar surface area (TPSA) is 124 Å². The first-order chi connectivity index (χ1) is 17.1. The Balaban J connectivity index is 1.93. The molecule has 0 radical (unpaired) electrons. The number of benzene rings is 2. The molecule has 0 bridgehead atoms. The molecule has 36 heavy (non-hydrogen) atoms. The Morgan fingerprint density at radius 3 is 2.58 bits per heavy atom. The van der Waals surface area contributed by atoms with E-state index in [9.17, 15) is 24.8 Å². The normalized spacial score (nSPS) is 15.6. The molecule has 1 aromatic heterocycles. The zero-order valence-corrected chi connectivity index (χ0v) is 21.0. The van der Waals surface area contributed by atoms with Crippen LogP contribution in [0, 0.1) is 10.1 Å². The van der Waals surface area contributed by atoms with E-state index in [1.54, 1.807) is 13.8 Å². The van der Waals surface area contributed by atoms with Crippen molar-refractivity contribution in [3.8, 4) is 5.75 Å². The molecule has 10 heteroatoms. The molecule has 1 aliphatic heterocycles. The first-order valence-corrected chi connectivity index (χ1v) is 12.2. The Hall–Kier alpha value is -4.05. The summed E-state index contributed by atoms with van der Waals surface area (Å²) in [5.41, 5.74) is 2.14. The summed E-state index contributed by atoms with van der Waals surface area (Å²) in [5.74, 6) is -0.685. The fourth-order valence-corrected chi connectivity index (χ4v) is 5.14. The van der Waals surface area contributed by atoms with Crippen LogP contribution in [0.5, 0.6) is 5.75 Å². The maximum Gasteiger partial charge on any atom is 0.338 e. The zero-order chi connectivity index (χ0) is 26.1. The average Bonchev–Trinajstić information content (AvgIpc) is 3.13. The van der Waals surface area contributed by atoms with Gasteiger partial charge in [0.15, 0.2) is 10.6 Å². The van der Waals surface area contributed by atoms with Crippen molar-refractivity contribution in [3.05, 3.63) is 100 Å². The summed E-state index contributed by atoms with van der Waals surface area (Å²) in [6.07, 6.45) is 1.51. The SMILES string of the molecule is CCOC(=O)C1=C(C)N=c2s/c(=C\c3ccc(O)c([N+](=O)[O-])c3)c(=O)n2[C@H]1c1ccc(C(C)C)cc1. The number of esters is 1. The number of phenolic OH excluding ortho intramolecular Hbond substituents is 1. The minimum Gasteiger partial charge on any atom is -0.502 e. The number of nitrogens with zero attached hydrogens (tertiary/aromatic N) is 3. The molecule has 2 aromatic carbocycles. The van der Waals surface area contributed by atoms with E-state index >= 15 is 0 Å². The van der Waals surface area contributed by atoms with E-state index in [2.05, 4.69) is 18.8 Å². The number of phenols is 1. The lowest BCUT2D eigenvalue weighted by molar-refractivity contribution is -0.385. The Labute approximate surface area is 210 Å². The van der Waals surface area contributed by atoms with Crippen molar-refractivity contribution in [1.29, 1.82) is 0 Å². The highest BCUT2D eigenvalue weighted by atomic mass is 32.1. The predicted molar refractivity (Wildman–Crippen MR) is 136 cm³/mol. The van der Waals surface area contributed by atoms with Gasteiger partial charge in [0.25, 0.3) is 5.56 Å². The number of allylic oxidation sites excluding steroid dienone is 1. The predicted octanol–water partition coefficient (Wildman–Crippen LogP) is 3.54. The van der Waals surface area contributed by atoms with Gasteiger partial charge in [-0.2, -0.15) is 0 Å². The minimum atomic E-state index is -0.738. The molecule has 2 heterocycles. The number of nitro groups is 1. The van der Waals surface area contributed by atoms with E-state index in [4.69, 9.17) is 4.74 Å². The van der Waals surface area contributed by atoms with Gasteiger partial charge in [-0.15, -0.1) is 0 Å². The molecular formula is C26H25N3O6S. The standard InChI is InChI=1S/C26H25N3O6S/c1-5-35-25(32)22-15(4)27-26-28(23(22)18-9-7-17(8-10-18)14(2)3)24(31)21(36-26)13-16-6-11-20(30)19(12-16)29(33)34/h6-14,23,30H,5H2,1-4H3/b21-13-/t23-/m0/s1. The van der Waals surface area contributed by atoms with Crippen molar-refractivity contribution in [2.24, 2.45) is 4.99 Å². The van der Waals surface area contributed by atoms with Gasteiger partial charge >= 0.3 is 11.7 Å². The third-order valence-corrected chi connectivity index (χ3v) is 6.91. The lowest BCUT2D eigenvalue weighted by Gasteiger charge is -2.25. The van der Waals surface area contributed by atoms with Crippen LogP contribution in [-0.4, -0.2) is 27.2 Å². The number of hydrogen-bond acceptors (Lipinski definition) is 8. The smallest absolute Gasteiger partial charge is 0.338 e. The number of ether oxygens (including phenoxy) is 1. The molecule has 0 fully saturated rings. The number of fused-ring (bicyclic) bond motifs is 1. The molecule has 9 nitrogen and oxygen atoms in total. The molecule has 0 amide bonds. The number of rotatable bonds is 6. The number of hydrogen-bond donors (Lipinski definition) is 1. The summed E-state index contributed by atoms with van der Waals surface area (Å²) in [4.78, 5) is 42.0. The van der Waals surface area contributed by atoms with Crippen molar-refractivity contribution in [2.75, 3.05) is 6.61 Å². The highest BCUT2D eigenvalue weighted by Crippen LogP contribution is 2.32. The van der Waals surface area contributed by atoms with E-state index < -0.39 is 28.4 Å². The van der Waals surface area contributed by atoms with E-state index in [0.717, 1.165) is 22.5 Å². The van der Waals surface area contributed by atoms with Crippen LogP contribution in [-0.2, 0) is 9.53 Å². The van der Waals surface area contributed by atoms with E-state index in [1.165, 1.54) is 28.8 Å². The summed E-state index contributed by atoms with van der Waals surface area (Å²) in [7, 11) is 0. The van der Waals surface area contributed by atoms with Crippen LogP contribution in [0.1, 0.15) is 56.3 Å². The van der Waals surface area contributed by atoms with Crippen molar-refractivity contribution in [3.63, 3.8) is 0 Å². The summed E-state index contributed by atoms with van der Waals surface area (Å²) < 4.78 is 7.06. The molecular weight excluding hydrogens is 482 g/mol.